The molecule has 1 aromatic rings. The molecule has 1 heterocycles. The Kier molecular flexibility index (Phi) is 4.50. The zero-order chi connectivity index (χ0) is 13.8. The number of amides is 1. The Morgan fingerprint density at radius 3 is 2.63 bits per heavy atom. The summed E-state index contributed by atoms with van der Waals surface area (Å²) in [6, 6.07) is 7.23. The van der Waals surface area contributed by atoms with Crippen LogP contribution in [0.3, 0.4) is 0 Å². The van der Waals surface area contributed by atoms with Gasteiger partial charge in [-0.3, -0.25) is 9.69 Å². The van der Waals surface area contributed by atoms with Gasteiger partial charge in [0, 0.05) is 5.56 Å². The quantitative estimate of drug-likeness (QED) is 0.823. The lowest BCUT2D eigenvalue weighted by Gasteiger charge is -2.23. The van der Waals surface area contributed by atoms with Gasteiger partial charge in [-0.05, 0) is 45.0 Å². The van der Waals surface area contributed by atoms with Crippen molar-refractivity contribution in [2.75, 3.05) is 18.4 Å². The van der Waals surface area contributed by atoms with E-state index in [-0.39, 0.29) is 11.9 Å². The molecule has 1 unspecified atom stereocenters. The van der Waals surface area contributed by atoms with Crippen molar-refractivity contribution in [3.05, 3.63) is 29.8 Å². The molecule has 0 saturated carbocycles. The van der Waals surface area contributed by atoms with Crippen molar-refractivity contribution in [1.82, 2.24) is 4.90 Å². The number of rotatable bonds is 4. The molecule has 0 radical (unpaired) electrons. The van der Waals surface area contributed by atoms with Crippen LogP contribution in [0.4, 0.5) is 5.69 Å². The summed E-state index contributed by atoms with van der Waals surface area (Å²) in [5, 5.41) is 2.92. The summed E-state index contributed by atoms with van der Waals surface area (Å²) in [7, 11) is 0. The summed E-state index contributed by atoms with van der Waals surface area (Å²) >= 11 is 4.99. The Morgan fingerprint density at radius 2 is 2.00 bits per heavy atom. The molecule has 0 aromatic heterocycles. The molecule has 1 aliphatic heterocycles. The van der Waals surface area contributed by atoms with Crippen molar-refractivity contribution < 1.29 is 4.79 Å². The normalized spacial score (nSPS) is 17.1. The van der Waals surface area contributed by atoms with Gasteiger partial charge in [0.15, 0.2) is 0 Å². The molecule has 1 saturated heterocycles. The van der Waals surface area contributed by atoms with Gasteiger partial charge >= 0.3 is 0 Å². The van der Waals surface area contributed by atoms with Crippen LogP contribution >= 0.6 is 12.2 Å². The predicted molar refractivity (Wildman–Crippen MR) is 81.2 cm³/mol. The number of para-hydroxylation sites is 1. The molecule has 1 amide bonds. The molecule has 1 aliphatic rings. The van der Waals surface area contributed by atoms with E-state index >= 15 is 0 Å². The van der Waals surface area contributed by atoms with E-state index < -0.39 is 0 Å². The summed E-state index contributed by atoms with van der Waals surface area (Å²) in [5.74, 6) is -0.00870. The van der Waals surface area contributed by atoms with Crippen LogP contribution in [0.5, 0.6) is 0 Å². The van der Waals surface area contributed by atoms with E-state index in [4.69, 9.17) is 18.0 Å². The van der Waals surface area contributed by atoms with Gasteiger partial charge in [-0.2, -0.15) is 0 Å². The second-order valence-electron chi connectivity index (χ2n) is 4.82. The highest BCUT2D eigenvalue weighted by Crippen LogP contribution is 2.17. The fourth-order valence-electron chi connectivity index (χ4n) is 2.34. The van der Waals surface area contributed by atoms with Gasteiger partial charge in [0.05, 0.1) is 11.7 Å². The standard InChI is InChI=1S/C14H19N3OS/c1-10(17-8-4-5-9-17)14(18)16-12-7-3-2-6-11(12)13(15)19/h2-3,6-7,10H,4-5,8-9H2,1H3,(H2,15,19)(H,16,18). The van der Waals surface area contributed by atoms with E-state index in [1.165, 1.54) is 12.8 Å². The minimum absolute atomic E-state index is 0.00870. The van der Waals surface area contributed by atoms with Crippen LogP contribution in [0.15, 0.2) is 24.3 Å². The first kappa shape index (κ1) is 14.0. The number of anilines is 1. The zero-order valence-corrected chi connectivity index (χ0v) is 11.9. The predicted octanol–water partition coefficient (Wildman–Crippen LogP) is 1.74. The molecular formula is C14H19N3OS. The summed E-state index contributed by atoms with van der Waals surface area (Å²) in [5.41, 5.74) is 7.05. The topological polar surface area (TPSA) is 58.4 Å². The molecule has 1 fully saturated rings. The maximum atomic E-state index is 12.2. The number of benzene rings is 1. The molecule has 4 nitrogen and oxygen atoms in total. The van der Waals surface area contributed by atoms with Crippen LogP contribution in [-0.2, 0) is 4.79 Å². The second kappa shape index (κ2) is 6.12. The van der Waals surface area contributed by atoms with Crippen LogP contribution in [0.1, 0.15) is 25.3 Å². The third-order valence-electron chi connectivity index (χ3n) is 3.52. The molecule has 102 valence electrons. The molecule has 0 spiro atoms. The monoisotopic (exact) mass is 277 g/mol. The van der Waals surface area contributed by atoms with Crippen molar-refractivity contribution in [3.8, 4) is 0 Å². The minimum atomic E-state index is -0.123. The summed E-state index contributed by atoms with van der Waals surface area (Å²) in [4.78, 5) is 14.7. The van der Waals surface area contributed by atoms with Crippen molar-refractivity contribution >= 4 is 28.8 Å². The number of likely N-dealkylation sites (tertiary alicyclic amines) is 1. The maximum Gasteiger partial charge on any atom is 0.241 e. The largest absolute Gasteiger partial charge is 0.389 e. The number of hydrogen-bond donors (Lipinski definition) is 2. The Labute approximate surface area is 119 Å². The first-order chi connectivity index (χ1) is 9.09. The van der Waals surface area contributed by atoms with E-state index in [1.807, 2.05) is 31.2 Å². The number of carbonyl (C=O) groups is 1. The molecule has 1 atom stereocenters. The van der Waals surface area contributed by atoms with Gasteiger partial charge in [0.2, 0.25) is 5.91 Å². The third kappa shape index (κ3) is 3.30. The average molecular weight is 277 g/mol. The summed E-state index contributed by atoms with van der Waals surface area (Å²) in [6.45, 7) is 3.92. The van der Waals surface area contributed by atoms with E-state index in [1.54, 1.807) is 0 Å². The average Bonchev–Trinajstić information content (AvgIpc) is 2.92. The number of hydrogen-bond acceptors (Lipinski definition) is 3. The van der Waals surface area contributed by atoms with E-state index in [0.29, 0.717) is 16.2 Å². The first-order valence-electron chi connectivity index (χ1n) is 6.53. The highest BCUT2D eigenvalue weighted by molar-refractivity contribution is 7.80. The summed E-state index contributed by atoms with van der Waals surface area (Å²) in [6.07, 6.45) is 2.34. The lowest BCUT2D eigenvalue weighted by atomic mass is 10.1. The lowest BCUT2D eigenvalue weighted by molar-refractivity contribution is -0.120. The van der Waals surface area contributed by atoms with Gasteiger partial charge in [-0.1, -0.05) is 24.4 Å². The van der Waals surface area contributed by atoms with Gasteiger partial charge in [0.25, 0.3) is 0 Å². The number of nitrogens with zero attached hydrogens (tertiary/aromatic N) is 1. The van der Waals surface area contributed by atoms with Crippen molar-refractivity contribution in [1.29, 1.82) is 0 Å². The van der Waals surface area contributed by atoms with E-state index in [9.17, 15) is 4.79 Å². The minimum Gasteiger partial charge on any atom is -0.389 e. The molecular weight excluding hydrogens is 258 g/mol. The molecule has 1 aromatic carbocycles. The second-order valence-corrected chi connectivity index (χ2v) is 5.26. The molecule has 0 bridgehead atoms. The third-order valence-corrected chi connectivity index (χ3v) is 3.74. The van der Waals surface area contributed by atoms with Crippen LogP contribution in [-0.4, -0.2) is 34.9 Å². The molecule has 0 aliphatic carbocycles. The number of nitrogens with one attached hydrogen (secondary N) is 1. The number of nitrogens with two attached hydrogens (primary N) is 1. The van der Waals surface area contributed by atoms with Crippen LogP contribution in [0.2, 0.25) is 0 Å². The van der Waals surface area contributed by atoms with Crippen LogP contribution < -0.4 is 11.1 Å². The lowest BCUT2D eigenvalue weighted by Crippen LogP contribution is -2.40. The van der Waals surface area contributed by atoms with Crippen LogP contribution in [0, 0.1) is 0 Å². The zero-order valence-electron chi connectivity index (χ0n) is 11.1. The molecule has 5 heteroatoms. The molecule has 2 rings (SSSR count). The van der Waals surface area contributed by atoms with Gasteiger partial charge in [0.1, 0.15) is 4.99 Å². The molecule has 3 N–H and O–H groups in total. The Bertz CT molecular complexity index is 483. The molecule has 19 heavy (non-hydrogen) atoms. The highest BCUT2D eigenvalue weighted by Gasteiger charge is 2.24. The number of thiocarbonyl (C=S) groups is 1. The van der Waals surface area contributed by atoms with Crippen molar-refractivity contribution in [2.24, 2.45) is 5.73 Å². The smallest absolute Gasteiger partial charge is 0.241 e. The maximum absolute atomic E-state index is 12.2. The van der Waals surface area contributed by atoms with Crippen molar-refractivity contribution in [3.63, 3.8) is 0 Å². The summed E-state index contributed by atoms with van der Waals surface area (Å²) < 4.78 is 0. The number of carbonyl (C=O) groups excluding carboxylic acids is 1. The Hall–Kier alpha value is -1.46. The van der Waals surface area contributed by atoms with Crippen LogP contribution in [0.25, 0.3) is 0 Å². The van der Waals surface area contributed by atoms with E-state index in [0.717, 1.165) is 13.1 Å². The first-order valence-corrected chi connectivity index (χ1v) is 6.94. The van der Waals surface area contributed by atoms with Crippen molar-refractivity contribution in [2.45, 2.75) is 25.8 Å². The Morgan fingerprint density at radius 1 is 1.37 bits per heavy atom. The SMILES string of the molecule is CC(C(=O)Nc1ccccc1C(N)=S)N1CCCC1. The van der Waals surface area contributed by atoms with Gasteiger partial charge < -0.3 is 11.1 Å². The fourth-order valence-corrected chi connectivity index (χ4v) is 2.52. The van der Waals surface area contributed by atoms with E-state index in [2.05, 4.69) is 10.2 Å². The van der Waals surface area contributed by atoms with Gasteiger partial charge in [-0.25, -0.2) is 0 Å². The fraction of sp³-hybridized carbons (Fsp3) is 0.429. The van der Waals surface area contributed by atoms with Gasteiger partial charge in [-0.15, -0.1) is 0 Å². The Balaban J connectivity index is 2.08. The highest BCUT2D eigenvalue weighted by atomic mass is 32.1.